The second-order valence-electron chi connectivity index (χ2n) is 16.1. The van der Waals surface area contributed by atoms with Crippen molar-refractivity contribution in [3.63, 3.8) is 0 Å². The minimum atomic E-state index is -0.127. The van der Waals surface area contributed by atoms with Crippen LogP contribution in [0.5, 0.6) is 11.5 Å². The average molecular weight is 756 g/mol. The van der Waals surface area contributed by atoms with Gasteiger partial charge in [0.15, 0.2) is 0 Å². The number of rotatable bonds is 6. The van der Waals surface area contributed by atoms with Crippen LogP contribution in [0.2, 0.25) is 0 Å². The number of fused-ring (bicyclic) bond motifs is 8. The maximum Gasteiger partial charge on any atom is 0.137 e. The number of hydrogen-bond acceptors (Lipinski definition) is 2. The van der Waals surface area contributed by atoms with Crippen molar-refractivity contribution in [3.8, 4) is 78.3 Å². The predicted octanol–water partition coefficient (Wildman–Crippen LogP) is 15.9. The van der Waals surface area contributed by atoms with Crippen LogP contribution in [0, 0.1) is 0 Å². The zero-order chi connectivity index (χ0) is 39.5. The van der Waals surface area contributed by atoms with Crippen LogP contribution in [0.4, 0.5) is 17.1 Å². The Bertz CT molecular complexity index is 3020. The highest BCUT2D eigenvalue weighted by Crippen LogP contribution is 2.52. The zero-order valence-corrected chi connectivity index (χ0v) is 33.1. The Hall–Kier alpha value is -7.42. The first-order valence-corrected chi connectivity index (χ1v) is 20.4. The maximum atomic E-state index is 7.02. The van der Waals surface area contributed by atoms with Crippen molar-refractivity contribution in [2.45, 2.75) is 19.3 Å². The van der Waals surface area contributed by atoms with E-state index in [4.69, 9.17) is 4.74 Å². The summed E-state index contributed by atoms with van der Waals surface area (Å²) in [5.74, 6) is 1.67. The van der Waals surface area contributed by atoms with Crippen molar-refractivity contribution in [3.05, 3.63) is 223 Å². The Morgan fingerprint density at radius 1 is 0.305 bits per heavy atom. The Morgan fingerprint density at radius 3 is 1.42 bits per heavy atom. The summed E-state index contributed by atoms with van der Waals surface area (Å²) in [7, 11) is 0. The number of nitrogens with zero attached hydrogens (tertiary/aromatic N) is 1. The zero-order valence-electron chi connectivity index (χ0n) is 33.1. The molecule has 0 bridgehead atoms. The van der Waals surface area contributed by atoms with Gasteiger partial charge in [-0.25, -0.2) is 0 Å². The molecule has 1 heterocycles. The maximum absolute atomic E-state index is 7.02. The van der Waals surface area contributed by atoms with E-state index in [9.17, 15) is 0 Å². The minimum Gasteiger partial charge on any atom is -0.456 e. The number of hydrogen-bond donors (Lipinski definition) is 0. The van der Waals surface area contributed by atoms with E-state index in [0.29, 0.717) is 0 Å². The third kappa shape index (κ3) is 5.96. The first-order valence-electron chi connectivity index (χ1n) is 20.4. The van der Waals surface area contributed by atoms with Gasteiger partial charge >= 0.3 is 0 Å². The quantitative estimate of drug-likeness (QED) is 0.168. The second kappa shape index (κ2) is 13.9. The largest absolute Gasteiger partial charge is 0.456 e. The average Bonchev–Trinajstić information content (AvgIpc) is 3.43. The molecule has 0 spiro atoms. The lowest BCUT2D eigenvalue weighted by Crippen LogP contribution is -2.16. The van der Waals surface area contributed by atoms with E-state index in [-0.39, 0.29) is 5.41 Å². The van der Waals surface area contributed by atoms with Gasteiger partial charge in [-0.15, -0.1) is 0 Å². The van der Waals surface area contributed by atoms with E-state index in [1.165, 1.54) is 50.1 Å². The van der Waals surface area contributed by atoms with Gasteiger partial charge < -0.3 is 9.64 Å². The Balaban J connectivity index is 1.02. The molecule has 2 heteroatoms. The van der Waals surface area contributed by atoms with Gasteiger partial charge in [-0.3, -0.25) is 0 Å². The van der Waals surface area contributed by atoms with Crippen LogP contribution in [0.15, 0.2) is 212 Å². The first-order chi connectivity index (χ1) is 29.0. The molecule has 0 fully saturated rings. The second-order valence-corrected chi connectivity index (χ2v) is 16.1. The van der Waals surface area contributed by atoms with Gasteiger partial charge in [-0.1, -0.05) is 172 Å². The van der Waals surface area contributed by atoms with E-state index in [2.05, 4.69) is 231 Å². The summed E-state index contributed by atoms with van der Waals surface area (Å²) >= 11 is 0. The van der Waals surface area contributed by atoms with Crippen LogP contribution in [0.25, 0.3) is 66.8 Å². The fraction of sp³-hybridized carbons (Fsp3) is 0.0526. The van der Waals surface area contributed by atoms with Crippen molar-refractivity contribution >= 4 is 17.1 Å². The highest BCUT2D eigenvalue weighted by Gasteiger charge is 2.36. The highest BCUT2D eigenvalue weighted by molar-refractivity contribution is 5.94. The van der Waals surface area contributed by atoms with Gasteiger partial charge in [-0.05, 0) is 115 Å². The summed E-state index contributed by atoms with van der Waals surface area (Å²) in [5.41, 5.74) is 20.0. The van der Waals surface area contributed by atoms with Crippen LogP contribution in [0.3, 0.4) is 0 Å². The van der Waals surface area contributed by atoms with Crippen molar-refractivity contribution in [1.29, 1.82) is 0 Å². The van der Waals surface area contributed by atoms with Crippen LogP contribution >= 0.6 is 0 Å². The van der Waals surface area contributed by atoms with Crippen molar-refractivity contribution < 1.29 is 4.74 Å². The molecule has 0 N–H and O–H groups in total. The molecule has 2 aliphatic rings. The lowest BCUT2D eigenvalue weighted by atomic mass is 9.82. The van der Waals surface area contributed by atoms with Gasteiger partial charge in [0.25, 0.3) is 0 Å². The molecule has 0 aromatic heterocycles. The van der Waals surface area contributed by atoms with E-state index < -0.39 is 0 Å². The molecular weight excluding hydrogens is 715 g/mol. The molecule has 0 amide bonds. The van der Waals surface area contributed by atoms with E-state index >= 15 is 0 Å². The molecule has 0 unspecified atom stereocenters. The molecule has 9 aromatic rings. The molecule has 1 aliphatic carbocycles. The molecule has 9 aromatic carbocycles. The molecule has 0 saturated heterocycles. The normalized spacial score (nSPS) is 12.8. The smallest absolute Gasteiger partial charge is 0.137 e. The molecule has 2 nitrogen and oxygen atoms in total. The van der Waals surface area contributed by atoms with Gasteiger partial charge in [0.1, 0.15) is 11.5 Å². The number of ether oxygens (including phenoxy) is 1. The topological polar surface area (TPSA) is 12.5 Å². The van der Waals surface area contributed by atoms with Gasteiger partial charge in [0.2, 0.25) is 0 Å². The highest BCUT2D eigenvalue weighted by atomic mass is 16.5. The molecule has 11 rings (SSSR count). The third-order valence-electron chi connectivity index (χ3n) is 12.3. The van der Waals surface area contributed by atoms with E-state index in [0.717, 1.165) is 56.4 Å². The fourth-order valence-corrected chi connectivity index (χ4v) is 9.24. The van der Waals surface area contributed by atoms with Crippen LogP contribution in [-0.4, -0.2) is 0 Å². The summed E-state index contributed by atoms with van der Waals surface area (Å²) in [4.78, 5) is 2.37. The van der Waals surface area contributed by atoms with E-state index in [1.54, 1.807) is 0 Å². The summed E-state index contributed by atoms with van der Waals surface area (Å²) in [6, 6.07) is 76.7. The SMILES string of the molecule is CC1(C)c2ccccc2-c2ccc(N(c3ccc(-c4ccccc4)cc3)c3ccc4c(c3)Oc3ccc(-c5ccc(-c6ccccc6)cc5)cc3-c3ccccc3-4)cc21. The van der Waals surface area contributed by atoms with Crippen LogP contribution in [-0.2, 0) is 5.41 Å². The third-order valence-corrected chi connectivity index (χ3v) is 12.3. The van der Waals surface area contributed by atoms with Crippen LogP contribution in [0.1, 0.15) is 25.0 Å². The van der Waals surface area contributed by atoms with Crippen molar-refractivity contribution in [1.82, 2.24) is 0 Å². The summed E-state index contributed by atoms with van der Waals surface area (Å²) in [5, 5.41) is 0. The summed E-state index contributed by atoms with van der Waals surface area (Å²) in [6.07, 6.45) is 0. The molecule has 280 valence electrons. The lowest BCUT2D eigenvalue weighted by Gasteiger charge is -2.29. The molecule has 0 atom stereocenters. The Labute approximate surface area is 346 Å². The number of benzene rings is 9. The summed E-state index contributed by atoms with van der Waals surface area (Å²) in [6.45, 7) is 4.69. The summed E-state index contributed by atoms with van der Waals surface area (Å²) < 4.78 is 7.02. The molecule has 1 aliphatic heterocycles. The molecule has 59 heavy (non-hydrogen) atoms. The van der Waals surface area contributed by atoms with Gasteiger partial charge in [0.05, 0.1) is 0 Å². The van der Waals surface area contributed by atoms with Gasteiger partial charge in [0, 0.05) is 39.7 Å². The molecule has 0 saturated carbocycles. The monoisotopic (exact) mass is 755 g/mol. The van der Waals surface area contributed by atoms with Crippen LogP contribution < -0.4 is 9.64 Å². The molecule has 0 radical (unpaired) electrons. The lowest BCUT2D eigenvalue weighted by molar-refractivity contribution is 0.488. The first kappa shape index (κ1) is 34.8. The standard InChI is InChI=1S/C57H41NO/c1-57(2)53-20-12-11-19-49(53)50-32-30-45(36-54(50)57)58(44-28-25-41(26-29-44)39-15-7-4-8-16-39)46-31-33-51-47-17-9-10-18-48(47)52-35-43(27-34-55(52)59-56(51)37-46)42-23-21-40(22-24-42)38-13-5-3-6-14-38/h3-37H,1-2H3. The van der Waals surface area contributed by atoms with Crippen molar-refractivity contribution in [2.24, 2.45) is 0 Å². The Kier molecular flexibility index (Phi) is 8.20. The molecular formula is C57H41NO. The number of anilines is 3. The van der Waals surface area contributed by atoms with E-state index in [1.807, 2.05) is 0 Å². The van der Waals surface area contributed by atoms with Gasteiger partial charge in [-0.2, -0.15) is 0 Å². The predicted molar refractivity (Wildman–Crippen MR) is 246 cm³/mol. The minimum absolute atomic E-state index is 0.127. The Morgan fingerprint density at radius 2 is 0.763 bits per heavy atom. The fourth-order valence-electron chi connectivity index (χ4n) is 9.24. The van der Waals surface area contributed by atoms with Crippen molar-refractivity contribution in [2.75, 3.05) is 4.90 Å².